The van der Waals surface area contributed by atoms with Crippen molar-refractivity contribution in [2.75, 3.05) is 21.2 Å². The molecule has 1 aromatic heterocycles. The Bertz CT molecular complexity index is 1410. The Kier molecular flexibility index (Phi) is 9.98. The van der Waals surface area contributed by atoms with Gasteiger partial charge in [0.15, 0.2) is 0 Å². The van der Waals surface area contributed by atoms with E-state index in [2.05, 4.69) is 55.7 Å². The third kappa shape index (κ3) is 6.72. The van der Waals surface area contributed by atoms with Gasteiger partial charge in [-0.15, -0.1) is 16.3 Å². The summed E-state index contributed by atoms with van der Waals surface area (Å²) in [7, 11) is 5.27. The summed E-state index contributed by atoms with van der Waals surface area (Å²) in [5.74, 6) is 1.18. The summed E-state index contributed by atoms with van der Waals surface area (Å²) in [5, 5.41) is 3.79. The Morgan fingerprint density at radius 1 is 0.975 bits per heavy atom. The van der Waals surface area contributed by atoms with Gasteiger partial charge in [-0.25, -0.2) is 10.2 Å². The second kappa shape index (κ2) is 13.6. The predicted octanol–water partition coefficient (Wildman–Crippen LogP) is 7.04. The zero-order valence-corrected chi connectivity index (χ0v) is 25.4. The Morgan fingerprint density at radius 3 is 2.30 bits per heavy atom. The maximum Gasteiger partial charge on any atom is 0.437 e. The maximum absolute atomic E-state index is 13.2. The van der Waals surface area contributed by atoms with Crippen LogP contribution < -0.4 is 10.2 Å². The van der Waals surface area contributed by atoms with E-state index in [4.69, 9.17) is 9.47 Å². The highest BCUT2D eigenvalue weighted by molar-refractivity contribution is 9.10. The Labute approximate surface area is 248 Å². The van der Waals surface area contributed by atoms with E-state index in [0.29, 0.717) is 12.5 Å². The van der Waals surface area contributed by atoms with E-state index < -0.39 is 11.6 Å². The fraction of sp³-hybridized carbons (Fsp3) is 0.226. The SMILES string of the molecule is CNN(C)C(=NC(=O)OCc1ccccc1)N(Cc1ccc(OC)cc1)C(C)(c1cccs1)c1ccccc1Br. The lowest BCUT2D eigenvalue weighted by atomic mass is 9.87. The number of benzene rings is 3. The number of hydrazine groups is 1. The van der Waals surface area contributed by atoms with Crippen molar-refractivity contribution < 1.29 is 14.3 Å². The molecule has 9 heteroatoms. The van der Waals surface area contributed by atoms with Gasteiger partial charge in [0.25, 0.3) is 0 Å². The van der Waals surface area contributed by atoms with E-state index in [9.17, 15) is 4.79 Å². The van der Waals surface area contributed by atoms with Crippen molar-refractivity contribution in [3.63, 3.8) is 0 Å². The molecule has 0 aliphatic rings. The Morgan fingerprint density at radius 2 is 1.68 bits per heavy atom. The number of aliphatic imine (C=N–C) groups is 1. The number of ether oxygens (including phenoxy) is 2. The number of carbonyl (C=O) groups is 1. The van der Waals surface area contributed by atoms with Gasteiger partial charge in [0, 0.05) is 30.0 Å². The summed E-state index contributed by atoms with van der Waals surface area (Å²) < 4.78 is 11.9. The molecule has 1 atom stereocenters. The highest BCUT2D eigenvalue weighted by Gasteiger charge is 2.41. The number of methoxy groups -OCH3 is 1. The lowest BCUT2D eigenvalue weighted by Crippen LogP contribution is -2.55. The number of hydrogen-bond donors (Lipinski definition) is 1. The molecule has 3 aromatic carbocycles. The predicted molar refractivity (Wildman–Crippen MR) is 164 cm³/mol. The summed E-state index contributed by atoms with van der Waals surface area (Å²) >= 11 is 5.44. The number of rotatable bonds is 9. The molecule has 4 rings (SSSR count). The Balaban J connectivity index is 1.85. The van der Waals surface area contributed by atoms with Crippen molar-refractivity contribution in [2.24, 2.45) is 4.99 Å². The normalized spacial score (nSPS) is 12.9. The summed E-state index contributed by atoms with van der Waals surface area (Å²) in [6, 6.07) is 29.7. The molecule has 0 fully saturated rings. The highest BCUT2D eigenvalue weighted by atomic mass is 79.9. The minimum Gasteiger partial charge on any atom is -0.497 e. The van der Waals surface area contributed by atoms with E-state index in [0.717, 1.165) is 31.8 Å². The van der Waals surface area contributed by atoms with Gasteiger partial charge in [-0.1, -0.05) is 82.7 Å². The molecule has 0 aliphatic carbocycles. The van der Waals surface area contributed by atoms with Crippen LogP contribution in [0, 0.1) is 0 Å². The van der Waals surface area contributed by atoms with E-state index in [-0.39, 0.29) is 6.61 Å². The van der Waals surface area contributed by atoms with E-state index in [1.807, 2.05) is 85.9 Å². The first-order valence-corrected chi connectivity index (χ1v) is 14.4. The van der Waals surface area contributed by atoms with Crippen LogP contribution >= 0.6 is 27.3 Å². The van der Waals surface area contributed by atoms with Crippen LogP contribution in [0.2, 0.25) is 0 Å². The van der Waals surface area contributed by atoms with Crippen molar-refractivity contribution in [2.45, 2.75) is 25.6 Å². The molecular formula is C31H33BrN4O3S. The molecule has 0 aliphatic heterocycles. The van der Waals surface area contributed by atoms with Gasteiger partial charge in [0.1, 0.15) is 17.9 Å². The molecular weight excluding hydrogens is 588 g/mol. The molecule has 0 bridgehead atoms. The van der Waals surface area contributed by atoms with Gasteiger partial charge >= 0.3 is 6.09 Å². The summed E-state index contributed by atoms with van der Waals surface area (Å²) in [4.78, 5) is 20.9. The third-order valence-electron chi connectivity index (χ3n) is 6.71. The summed E-state index contributed by atoms with van der Waals surface area (Å²) in [6.07, 6.45) is -0.679. The van der Waals surface area contributed by atoms with Crippen LogP contribution in [0.4, 0.5) is 4.79 Å². The van der Waals surface area contributed by atoms with E-state index >= 15 is 0 Å². The lowest BCUT2D eigenvalue weighted by Gasteiger charge is -2.45. The fourth-order valence-corrected chi connectivity index (χ4v) is 6.00. The average Bonchev–Trinajstić information content (AvgIpc) is 3.54. The molecule has 1 amide bonds. The van der Waals surface area contributed by atoms with Gasteiger partial charge in [-0.2, -0.15) is 0 Å². The molecule has 1 heterocycles. The van der Waals surface area contributed by atoms with Crippen molar-refractivity contribution in [3.8, 4) is 5.75 Å². The summed E-state index contributed by atoms with van der Waals surface area (Å²) in [6.45, 7) is 2.72. The number of hydrogen-bond acceptors (Lipinski definition) is 5. The number of thiophene rings is 1. The molecule has 0 saturated heterocycles. The summed E-state index contributed by atoms with van der Waals surface area (Å²) in [5.41, 5.74) is 5.35. The molecule has 1 N–H and O–H groups in total. The zero-order chi connectivity index (χ0) is 28.5. The molecule has 0 spiro atoms. The average molecular weight is 622 g/mol. The fourth-order valence-electron chi connectivity index (χ4n) is 4.41. The zero-order valence-electron chi connectivity index (χ0n) is 23.0. The molecule has 7 nitrogen and oxygen atoms in total. The number of guanidine groups is 1. The van der Waals surface area contributed by atoms with Gasteiger partial charge in [-0.05, 0) is 53.3 Å². The van der Waals surface area contributed by atoms with Crippen LogP contribution in [0.15, 0.2) is 106 Å². The molecule has 1 unspecified atom stereocenters. The minimum absolute atomic E-state index is 0.130. The Hall–Kier alpha value is -3.66. The van der Waals surface area contributed by atoms with Crippen LogP contribution in [0.3, 0.4) is 0 Å². The molecule has 0 saturated carbocycles. The molecule has 0 radical (unpaired) electrons. The van der Waals surface area contributed by atoms with E-state index in [1.165, 1.54) is 0 Å². The first-order valence-electron chi connectivity index (χ1n) is 12.8. The van der Waals surface area contributed by atoms with Crippen molar-refractivity contribution in [3.05, 3.63) is 122 Å². The number of nitrogens with zero attached hydrogens (tertiary/aromatic N) is 3. The topological polar surface area (TPSA) is 66.4 Å². The van der Waals surface area contributed by atoms with Gasteiger partial charge in [0.05, 0.1) is 7.11 Å². The standard InChI is InChI=1S/C31H33BrN4O3S/c1-31(28-15-10-20-40-28,26-13-8-9-14-27(26)32)36(21-23-16-18-25(38-4)19-17-23)29(35(3)33-2)34-30(37)39-22-24-11-6-5-7-12-24/h5-20,33H,21-22H2,1-4H3. The van der Waals surface area contributed by atoms with Gasteiger partial charge in [0.2, 0.25) is 5.96 Å². The molecule has 4 aromatic rings. The molecule has 40 heavy (non-hydrogen) atoms. The van der Waals surface area contributed by atoms with Crippen LogP contribution in [0.1, 0.15) is 28.5 Å². The lowest BCUT2D eigenvalue weighted by molar-refractivity contribution is 0.146. The second-order valence-electron chi connectivity index (χ2n) is 9.20. The van der Waals surface area contributed by atoms with Crippen molar-refractivity contribution in [1.82, 2.24) is 15.3 Å². The number of halogens is 1. The maximum atomic E-state index is 13.2. The van der Waals surface area contributed by atoms with Crippen LogP contribution in [-0.4, -0.2) is 43.2 Å². The molecule has 208 valence electrons. The number of carbonyl (C=O) groups excluding carboxylic acids is 1. The number of nitrogens with one attached hydrogen (secondary N) is 1. The quantitative estimate of drug-likeness (QED) is 0.123. The third-order valence-corrected chi connectivity index (χ3v) is 8.48. The monoisotopic (exact) mass is 620 g/mol. The van der Waals surface area contributed by atoms with Gasteiger partial charge < -0.3 is 14.4 Å². The minimum atomic E-state index is -0.724. The second-order valence-corrected chi connectivity index (χ2v) is 11.0. The highest BCUT2D eigenvalue weighted by Crippen LogP contribution is 2.42. The van der Waals surface area contributed by atoms with Gasteiger partial charge in [-0.3, -0.25) is 5.01 Å². The van der Waals surface area contributed by atoms with Crippen LogP contribution in [-0.2, 0) is 23.4 Å². The van der Waals surface area contributed by atoms with Crippen LogP contribution in [0.5, 0.6) is 5.75 Å². The number of amides is 1. The van der Waals surface area contributed by atoms with E-state index in [1.54, 1.807) is 30.5 Å². The van der Waals surface area contributed by atoms with Crippen molar-refractivity contribution in [1.29, 1.82) is 0 Å². The smallest absolute Gasteiger partial charge is 0.437 e. The largest absolute Gasteiger partial charge is 0.497 e. The first-order chi connectivity index (χ1) is 19.4. The van der Waals surface area contributed by atoms with Crippen LogP contribution in [0.25, 0.3) is 0 Å². The first kappa shape index (κ1) is 29.3. The van der Waals surface area contributed by atoms with Crippen molar-refractivity contribution >= 4 is 39.3 Å².